The Morgan fingerprint density at radius 1 is 1.41 bits per heavy atom. The van der Waals surface area contributed by atoms with Crippen LogP contribution in [0.2, 0.25) is 0 Å². The minimum atomic E-state index is -0.192. The number of hydrogen-bond acceptors (Lipinski definition) is 4. The predicted molar refractivity (Wildman–Crippen MR) is 91.3 cm³/mol. The summed E-state index contributed by atoms with van der Waals surface area (Å²) in [5, 5.41) is 0. The maximum atomic E-state index is 12.6. The SMILES string of the molecule is CCCN(C(=O)CC(CN)OC)C1CC(OCC)C1(C)C.Cl. The summed E-state index contributed by atoms with van der Waals surface area (Å²) < 4.78 is 11.0. The minimum absolute atomic E-state index is 0. The molecule has 0 saturated heterocycles. The molecule has 22 heavy (non-hydrogen) atoms. The zero-order valence-corrected chi connectivity index (χ0v) is 15.4. The molecule has 0 aliphatic heterocycles. The average molecular weight is 337 g/mol. The third-order valence-corrected chi connectivity index (χ3v) is 4.65. The Bertz CT molecular complexity index is 335. The predicted octanol–water partition coefficient (Wildman–Crippen LogP) is 2.21. The number of nitrogens with zero attached hydrogens (tertiary/aromatic N) is 1. The molecule has 1 rings (SSSR count). The Balaban J connectivity index is 0.00000441. The fourth-order valence-electron chi connectivity index (χ4n) is 3.15. The average Bonchev–Trinajstić information content (AvgIpc) is 2.46. The molecule has 5 nitrogen and oxygen atoms in total. The van der Waals surface area contributed by atoms with E-state index in [1.54, 1.807) is 7.11 Å². The van der Waals surface area contributed by atoms with Crippen molar-refractivity contribution in [2.45, 2.75) is 65.2 Å². The highest BCUT2D eigenvalue weighted by Gasteiger charge is 2.52. The van der Waals surface area contributed by atoms with E-state index in [0.717, 1.165) is 26.0 Å². The van der Waals surface area contributed by atoms with Gasteiger partial charge in [0.05, 0.1) is 18.6 Å². The van der Waals surface area contributed by atoms with Crippen LogP contribution in [0, 0.1) is 5.41 Å². The van der Waals surface area contributed by atoms with Crippen molar-refractivity contribution in [3.63, 3.8) is 0 Å². The van der Waals surface area contributed by atoms with E-state index in [1.807, 2.05) is 11.8 Å². The van der Waals surface area contributed by atoms with Gasteiger partial charge < -0.3 is 20.1 Å². The fraction of sp³-hybridized carbons (Fsp3) is 0.938. The smallest absolute Gasteiger partial charge is 0.225 e. The van der Waals surface area contributed by atoms with Crippen molar-refractivity contribution < 1.29 is 14.3 Å². The molecule has 1 aliphatic rings. The van der Waals surface area contributed by atoms with Gasteiger partial charge in [0.25, 0.3) is 0 Å². The molecule has 0 aromatic carbocycles. The number of amides is 1. The van der Waals surface area contributed by atoms with Gasteiger partial charge in [-0.15, -0.1) is 12.4 Å². The number of rotatable bonds is 9. The standard InChI is InChI=1S/C16H32N2O3.ClH/c1-6-8-18(15(19)9-12(11-17)20-5)13-10-14(21-7-2)16(13,3)4;/h12-14H,6-11,17H2,1-5H3;1H. The first-order chi connectivity index (χ1) is 9.92. The van der Waals surface area contributed by atoms with Crippen molar-refractivity contribution in [3.8, 4) is 0 Å². The molecule has 1 fully saturated rings. The van der Waals surface area contributed by atoms with Crippen LogP contribution in [-0.4, -0.2) is 55.9 Å². The number of halogens is 1. The molecular weight excluding hydrogens is 304 g/mol. The summed E-state index contributed by atoms with van der Waals surface area (Å²) >= 11 is 0. The fourth-order valence-corrected chi connectivity index (χ4v) is 3.15. The Morgan fingerprint density at radius 2 is 2.05 bits per heavy atom. The number of carbonyl (C=O) groups is 1. The molecule has 0 heterocycles. The third-order valence-electron chi connectivity index (χ3n) is 4.65. The van der Waals surface area contributed by atoms with Gasteiger partial charge in [0, 0.05) is 38.3 Å². The summed E-state index contributed by atoms with van der Waals surface area (Å²) in [4.78, 5) is 14.6. The van der Waals surface area contributed by atoms with Gasteiger partial charge in [0.1, 0.15) is 0 Å². The van der Waals surface area contributed by atoms with Gasteiger partial charge >= 0.3 is 0 Å². The minimum Gasteiger partial charge on any atom is -0.380 e. The van der Waals surface area contributed by atoms with E-state index in [9.17, 15) is 4.79 Å². The van der Waals surface area contributed by atoms with Crippen molar-refractivity contribution >= 4 is 18.3 Å². The van der Waals surface area contributed by atoms with Gasteiger partial charge in [-0.3, -0.25) is 4.79 Å². The largest absolute Gasteiger partial charge is 0.380 e. The van der Waals surface area contributed by atoms with Crippen LogP contribution in [0.3, 0.4) is 0 Å². The van der Waals surface area contributed by atoms with Crippen molar-refractivity contribution in [1.82, 2.24) is 4.90 Å². The Hall–Kier alpha value is -0.360. The van der Waals surface area contributed by atoms with Crippen molar-refractivity contribution in [3.05, 3.63) is 0 Å². The number of ether oxygens (including phenoxy) is 2. The Labute approximate surface area is 141 Å². The molecule has 0 radical (unpaired) electrons. The van der Waals surface area contributed by atoms with E-state index in [0.29, 0.717) is 13.0 Å². The van der Waals surface area contributed by atoms with Gasteiger partial charge in [-0.25, -0.2) is 0 Å². The molecule has 0 bridgehead atoms. The molecule has 132 valence electrons. The Morgan fingerprint density at radius 3 is 2.45 bits per heavy atom. The first-order valence-corrected chi connectivity index (χ1v) is 8.06. The molecule has 1 amide bonds. The second-order valence-corrected chi connectivity index (χ2v) is 6.40. The highest BCUT2D eigenvalue weighted by Crippen LogP contribution is 2.46. The molecule has 6 heteroatoms. The van der Waals surface area contributed by atoms with Crippen LogP contribution in [0.1, 0.15) is 47.0 Å². The van der Waals surface area contributed by atoms with E-state index in [1.165, 1.54) is 0 Å². The Kier molecular flexibility index (Phi) is 9.55. The molecule has 0 aromatic heterocycles. The maximum Gasteiger partial charge on any atom is 0.225 e. The summed E-state index contributed by atoms with van der Waals surface area (Å²) in [6, 6.07) is 0.247. The molecular formula is C16H33ClN2O3. The summed E-state index contributed by atoms with van der Waals surface area (Å²) in [7, 11) is 1.60. The first kappa shape index (κ1) is 21.6. The van der Waals surface area contributed by atoms with Crippen LogP contribution < -0.4 is 5.73 Å². The lowest BCUT2D eigenvalue weighted by Gasteiger charge is -2.55. The molecule has 3 unspecified atom stereocenters. The van der Waals surface area contributed by atoms with E-state index in [4.69, 9.17) is 15.2 Å². The van der Waals surface area contributed by atoms with Crippen molar-refractivity contribution in [1.29, 1.82) is 0 Å². The molecule has 1 saturated carbocycles. The second kappa shape index (κ2) is 9.71. The third kappa shape index (κ3) is 4.82. The van der Waals surface area contributed by atoms with Gasteiger partial charge in [-0.1, -0.05) is 20.8 Å². The number of methoxy groups -OCH3 is 1. The van der Waals surface area contributed by atoms with Crippen LogP contribution >= 0.6 is 12.4 Å². The molecule has 0 spiro atoms. The van der Waals surface area contributed by atoms with Crippen molar-refractivity contribution in [2.75, 3.05) is 26.8 Å². The first-order valence-electron chi connectivity index (χ1n) is 8.06. The van der Waals surface area contributed by atoms with Gasteiger partial charge in [0.15, 0.2) is 0 Å². The molecule has 1 aliphatic carbocycles. The summed E-state index contributed by atoms with van der Waals surface area (Å²) in [5.41, 5.74) is 5.63. The van der Waals surface area contributed by atoms with E-state index < -0.39 is 0 Å². The van der Waals surface area contributed by atoms with Crippen LogP contribution in [0.5, 0.6) is 0 Å². The zero-order chi connectivity index (χ0) is 16.0. The maximum absolute atomic E-state index is 12.6. The lowest BCUT2D eigenvalue weighted by Crippen LogP contribution is -2.63. The second-order valence-electron chi connectivity index (χ2n) is 6.40. The number of carbonyl (C=O) groups excluding carboxylic acids is 1. The van der Waals surface area contributed by atoms with Gasteiger partial charge in [0.2, 0.25) is 5.91 Å². The lowest BCUT2D eigenvalue weighted by molar-refractivity contribution is -0.168. The van der Waals surface area contributed by atoms with Crippen LogP contribution in [0.25, 0.3) is 0 Å². The summed E-state index contributed by atoms with van der Waals surface area (Å²) in [6.45, 7) is 10.4. The van der Waals surface area contributed by atoms with E-state index >= 15 is 0 Å². The normalized spacial score (nSPS) is 24.1. The monoisotopic (exact) mass is 336 g/mol. The molecule has 3 atom stereocenters. The molecule has 2 N–H and O–H groups in total. The number of hydrogen-bond donors (Lipinski definition) is 1. The highest BCUT2D eigenvalue weighted by atomic mass is 35.5. The van der Waals surface area contributed by atoms with Crippen LogP contribution in [-0.2, 0) is 14.3 Å². The van der Waals surface area contributed by atoms with E-state index in [-0.39, 0.29) is 42.0 Å². The van der Waals surface area contributed by atoms with Crippen LogP contribution in [0.4, 0.5) is 0 Å². The van der Waals surface area contributed by atoms with Crippen LogP contribution in [0.15, 0.2) is 0 Å². The topological polar surface area (TPSA) is 64.8 Å². The zero-order valence-electron chi connectivity index (χ0n) is 14.6. The summed E-state index contributed by atoms with van der Waals surface area (Å²) in [5.74, 6) is 0.141. The quantitative estimate of drug-likeness (QED) is 0.701. The number of nitrogens with two attached hydrogens (primary N) is 1. The van der Waals surface area contributed by atoms with E-state index in [2.05, 4.69) is 20.8 Å². The highest BCUT2D eigenvalue weighted by molar-refractivity contribution is 5.85. The van der Waals surface area contributed by atoms with Gasteiger partial charge in [-0.2, -0.15) is 0 Å². The molecule has 0 aromatic rings. The van der Waals surface area contributed by atoms with Crippen molar-refractivity contribution in [2.24, 2.45) is 11.1 Å². The van der Waals surface area contributed by atoms with Gasteiger partial charge in [-0.05, 0) is 19.8 Å². The summed E-state index contributed by atoms with van der Waals surface area (Å²) in [6.07, 6.45) is 2.29. The lowest BCUT2D eigenvalue weighted by atomic mass is 9.63.